The predicted molar refractivity (Wildman–Crippen MR) is 81.8 cm³/mol. The molecule has 1 aromatic carbocycles. The lowest BCUT2D eigenvalue weighted by Crippen LogP contribution is -2.33. The second-order valence-corrected chi connectivity index (χ2v) is 6.07. The molecule has 1 saturated carbocycles. The van der Waals surface area contributed by atoms with E-state index in [1.807, 2.05) is 30.3 Å². The molecule has 0 aromatic heterocycles. The van der Waals surface area contributed by atoms with E-state index in [0.717, 1.165) is 31.2 Å². The first-order valence-electron chi connectivity index (χ1n) is 7.76. The van der Waals surface area contributed by atoms with Crippen molar-refractivity contribution in [1.29, 1.82) is 0 Å². The number of carbonyl (C=O) groups excluding carboxylic acids is 1. The second-order valence-electron chi connectivity index (χ2n) is 6.07. The summed E-state index contributed by atoms with van der Waals surface area (Å²) in [6.45, 7) is 1.43. The molecule has 0 radical (unpaired) electrons. The van der Waals surface area contributed by atoms with Crippen molar-refractivity contribution in [3.8, 4) is 0 Å². The molecule has 0 amide bonds. The molecule has 4 heteroatoms. The van der Waals surface area contributed by atoms with Gasteiger partial charge in [-0.3, -0.25) is 14.9 Å². The smallest absolute Gasteiger partial charge is 0.211 e. The lowest BCUT2D eigenvalue weighted by Gasteiger charge is -2.33. The maximum atomic E-state index is 12.2. The van der Waals surface area contributed by atoms with E-state index in [9.17, 15) is 14.9 Å². The summed E-state index contributed by atoms with van der Waals surface area (Å²) in [5, 5.41) is 11.1. The van der Waals surface area contributed by atoms with Gasteiger partial charge >= 0.3 is 0 Å². The maximum Gasteiger partial charge on any atom is 0.211 e. The van der Waals surface area contributed by atoms with Gasteiger partial charge in [-0.1, -0.05) is 49.6 Å². The van der Waals surface area contributed by atoms with Crippen LogP contribution in [-0.4, -0.2) is 17.3 Å². The normalized spacial score (nSPS) is 18.9. The second kappa shape index (κ2) is 7.34. The number of carbonyl (C=O) groups is 1. The van der Waals surface area contributed by atoms with Crippen molar-refractivity contribution >= 4 is 5.78 Å². The van der Waals surface area contributed by atoms with Crippen LogP contribution < -0.4 is 0 Å². The monoisotopic (exact) mass is 289 g/mol. The fourth-order valence-electron chi connectivity index (χ4n) is 3.72. The zero-order valence-electron chi connectivity index (χ0n) is 12.5. The highest BCUT2D eigenvalue weighted by atomic mass is 16.6. The van der Waals surface area contributed by atoms with Gasteiger partial charge in [-0.2, -0.15) is 0 Å². The SMILES string of the molecule is CC(=O)[C@@H](C1CCCCC1)[C@@H](C[N+](=O)[O-])c1ccccc1. The van der Waals surface area contributed by atoms with Gasteiger partial charge in [-0.25, -0.2) is 0 Å². The van der Waals surface area contributed by atoms with Crippen molar-refractivity contribution in [2.45, 2.75) is 44.9 Å². The van der Waals surface area contributed by atoms with E-state index in [-0.39, 0.29) is 29.1 Å². The van der Waals surface area contributed by atoms with E-state index in [1.165, 1.54) is 6.42 Å². The van der Waals surface area contributed by atoms with Crippen molar-refractivity contribution in [2.75, 3.05) is 6.54 Å². The van der Waals surface area contributed by atoms with Crippen molar-refractivity contribution < 1.29 is 9.72 Å². The Bertz CT molecular complexity index is 480. The van der Waals surface area contributed by atoms with Gasteiger partial charge < -0.3 is 0 Å². The summed E-state index contributed by atoms with van der Waals surface area (Å²) in [7, 11) is 0. The quantitative estimate of drug-likeness (QED) is 0.590. The Morgan fingerprint density at radius 2 is 1.86 bits per heavy atom. The molecule has 0 aliphatic heterocycles. The summed E-state index contributed by atoms with van der Waals surface area (Å²) in [5.41, 5.74) is 0.917. The van der Waals surface area contributed by atoms with Gasteiger partial charge in [0, 0.05) is 10.8 Å². The van der Waals surface area contributed by atoms with Crippen molar-refractivity contribution in [2.24, 2.45) is 11.8 Å². The number of rotatable bonds is 6. The minimum absolute atomic E-state index is 0.0950. The lowest BCUT2D eigenvalue weighted by atomic mass is 9.70. The Labute approximate surface area is 125 Å². The van der Waals surface area contributed by atoms with Gasteiger partial charge in [0.1, 0.15) is 5.78 Å². The average Bonchev–Trinajstić information content (AvgIpc) is 2.48. The van der Waals surface area contributed by atoms with Crippen LogP contribution in [0.2, 0.25) is 0 Å². The van der Waals surface area contributed by atoms with E-state index in [1.54, 1.807) is 6.92 Å². The topological polar surface area (TPSA) is 60.2 Å². The zero-order chi connectivity index (χ0) is 15.2. The van der Waals surface area contributed by atoms with Crippen LogP contribution in [0.15, 0.2) is 30.3 Å². The van der Waals surface area contributed by atoms with Gasteiger partial charge in [0.15, 0.2) is 0 Å². The van der Waals surface area contributed by atoms with Crippen molar-refractivity contribution in [1.82, 2.24) is 0 Å². The van der Waals surface area contributed by atoms with Gasteiger partial charge in [-0.15, -0.1) is 0 Å². The van der Waals surface area contributed by atoms with Crippen LogP contribution in [0.1, 0.15) is 50.5 Å². The Hall–Kier alpha value is -1.71. The Morgan fingerprint density at radius 1 is 1.24 bits per heavy atom. The van der Waals surface area contributed by atoms with Crippen LogP contribution >= 0.6 is 0 Å². The third-order valence-electron chi connectivity index (χ3n) is 4.63. The van der Waals surface area contributed by atoms with Gasteiger partial charge in [0.2, 0.25) is 6.54 Å². The van der Waals surface area contributed by atoms with Crippen LogP contribution in [0.3, 0.4) is 0 Å². The molecule has 1 aliphatic rings. The highest BCUT2D eigenvalue weighted by Crippen LogP contribution is 2.39. The summed E-state index contributed by atoms with van der Waals surface area (Å²) in [6, 6.07) is 9.50. The molecule has 1 aliphatic carbocycles. The number of nitro groups is 1. The van der Waals surface area contributed by atoms with Gasteiger partial charge in [-0.05, 0) is 31.2 Å². The number of benzene rings is 1. The van der Waals surface area contributed by atoms with E-state index in [4.69, 9.17) is 0 Å². The van der Waals surface area contributed by atoms with Crippen LogP contribution in [-0.2, 0) is 4.79 Å². The summed E-state index contributed by atoms with van der Waals surface area (Å²) in [4.78, 5) is 23.0. The number of hydrogen-bond donors (Lipinski definition) is 0. The molecular formula is C17H23NO3. The molecule has 1 fully saturated rings. The van der Waals surface area contributed by atoms with E-state index in [2.05, 4.69) is 0 Å². The van der Waals surface area contributed by atoms with Crippen LogP contribution in [0.25, 0.3) is 0 Å². The molecular weight excluding hydrogens is 266 g/mol. The molecule has 1 aromatic rings. The van der Waals surface area contributed by atoms with Gasteiger partial charge in [0.05, 0.1) is 5.92 Å². The molecule has 0 N–H and O–H groups in total. The maximum absolute atomic E-state index is 12.2. The Balaban J connectivity index is 2.30. The third kappa shape index (κ3) is 4.13. The first-order valence-corrected chi connectivity index (χ1v) is 7.76. The van der Waals surface area contributed by atoms with Crippen LogP contribution in [0.5, 0.6) is 0 Å². The van der Waals surface area contributed by atoms with Crippen LogP contribution in [0, 0.1) is 22.0 Å². The number of Topliss-reactive ketones (excluding diaryl/α,β-unsaturated/α-hetero) is 1. The molecule has 21 heavy (non-hydrogen) atoms. The molecule has 2 rings (SSSR count). The largest absolute Gasteiger partial charge is 0.300 e. The molecule has 114 valence electrons. The summed E-state index contributed by atoms with van der Waals surface area (Å²) >= 11 is 0. The first kappa shape index (κ1) is 15.7. The highest BCUT2D eigenvalue weighted by Gasteiger charge is 2.37. The number of nitrogens with zero attached hydrogens (tertiary/aromatic N) is 1. The van der Waals surface area contributed by atoms with Crippen LogP contribution in [0.4, 0.5) is 0 Å². The average molecular weight is 289 g/mol. The first-order chi connectivity index (χ1) is 10.1. The summed E-state index contributed by atoms with van der Waals surface area (Å²) in [5.74, 6) is -0.140. The summed E-state index contributed by atoms with van der Waals surface area (Å²) < 4.78 is 0. The van der Waals surface area contributed by atoms with Crippen molar-refractivity contribution in [3.63, 3.8) is 0 Å². The molecule has 0 unspecified atom stereocenters. The Kier molecular flexibility index (Phi) is 5.48. The zero-order valence-corrected chi connectivity index (χ0v) is 12.5. The van der Waals surface area contributed by atoms with Gasteiger partial charge in [0.25, 0.3) is 0 Å². The molecule has 0 bridgehead atoms. The molecule has 0 heterocycles. The molecule has 4 nitrogen and oxygen atoms in total. The third-order valence-corrected chi connectivity index (χ3v) is 4.63. The molecule has 0 saturated heterocycles. The number of hydrogen-bond acceptors (Lipinski definition) is 3. The minimum atomic E-state index is -0.304. The Morgan fingerprint density at radius 3 is 2.38 bits per heavy atom. The predicted octanol–water partition coefficient (Wildman–Crippen LogP) is 3.83. The van der Waals surface area contributed by atoms with E-state index >= 15 is 0 Å². The fraction of sp³-hybridized carbons (Fsp3) is 0.588. The molecule has 2 atom stereocenters. The lowest BCUT2D eigenvalue weighted by molar-refractivity contribution is -0.484. The van der Waals surface area contributed by atoms with E-state index in [0.29, 0.717) is 5.92 Å². The fourth-order valence-corrected chi connectivity index (χ4v) is 3.72. The molecule has 0 spiro atoms. The standard InChI is InChI=1S/C17H23NO3/c1-13(19)17(15-10-6-3-7-11-15)16(12-18(20)21)14-8-4-2-5-9-14/h2,4-5,8-9,15-17H,3,6-7,10-12H2,1H3/t16-,17-/m0/s1. The van der Waals surface area contributed by atoms with Crippen molar-refractivity contribution in [3.05, 3.63) is 46.0 Å². The number of ketones is 1. The highest BCUT2D eigenvalue weighted by molar-refractivity contribution is 5.79. The summed E-state index contributed by atoms with van der Waals surface area (Å²) in [6.07, 6.45) is 5.52. The van der Waals surface area contributed by atoms with E-state index < -0.39 is 0 Å². The minimum Gasteiger partial charge on any atom is -0.300 e.